The molecule has 3 fully saturated rings. The van der Waals surface area contributed by atoms with E-state index in [1.165, 1.54) is 18.4 Å². The van der Waals surface area contributed by atoms with Gasteiger partial charge in [-0.25, -0.2) is 0 Å². The molecule has 2 aromatic rings. The second-order valence-corrected chi connectivity index (χ2v) is 14.1. The van der Waals surface area contributed by atoms with Gasteiger partial charge in [-0.05, 0) is 86.2 Å². The molecule has 2 aromatic carbocycles. The van der Waals surface area contributed by atoms with E-state index < -0.39 is 17.1 Å². The van der Waals surface area contributed by atoms with Crippen LogP contribution in [-0.4, -0.2) is 69.3 Å². The number of likely N-dealkylation sites (tertiary alicyclic amines) is 1. The van der Waals surface area contributed by atoms with Crippen molar-refractivity contribution in [3.63, 3.8) is 0 Å². The zero-order valence-electron chi connectivity index (χ0n) is 23.2. The van der Waals surface area contributed by atoms with Gasteiger partial charge in [0, 0.05) is 24.7 Å². The van der Waals surface area contributed by atoms with E-state index in [2.05, 4.69) is 18.7 Å². The maximum absolute atomic E-state index is 14.0. The maximum Gasteiger partial charge on any atom is 0.227 e. The second kappa shape index (κ2) is 9.52. The van der Waals surface area contributed by atoms with Crippen LogP contribution in [0.25, 0.3) is 0 Å². The van der Waals surface area contributed by atoms with E-state index in [0.717, 1.165) is 43.0 Å². The minimum Gasteiger partial charge on any atom is -0.504 e. The molecule has 1 saturated heterocycles. The average Bonchev–Trinajstić information content (AvgIpc) is 3.65. The highest BCUT2D eigenvalue weighted by molar-refractivity contribution is 6.42. The first-order chi connectivity index (χ1) is 19.1. The van der Waals surface area contributed by atoms with Crippen LogP contribution in [0.15, 0.2) is 30.3 Å². The Labute approximate surface area is 246 Å². The van der Waals surface area contributed by atoms with Crippen molar-refractivity contribution in [2.75, 3.05) is 19.6 Å². The molecule has 5 atom stereocenters. The first-order valence-electron chi connectivity index (χ1n) is 14.8. The summed E-state index contributed by atoms with van der Waals surface area (Å²) >= 11 is 12.4. The van der Waals surface area contributed by atoms with Gasteiger partial charge in [-0.15, -0.1) is 0 Å². The Morgan fingerprint density at radius 2 is 1.95 bits per heavy atom. The minimum atomic E-state index is -0.969. The molecule has 0 unspecified atom stereocenters. The number of phenolic OH excluding ortho intramolecular Hbond substituents is 1. The quantitative estimate of drug-likeness (QED) is 0.458. The lowest BCUT2D eigenvalue weighted by Crippen LogP contribution is -2.78. The van der Waals surface area contributed by atoms with Gasteiger partial charge in [-0.2, -0.15) is 0 Å². The molecule has 2 N–H and O–H groups in total. The first-order valence-corrected chi connectivity index (χ1v) is 15.6. The number of rotatable bonds is 7. The predicted molar refractivity (Wildman–Crippen MR) is 155 cm³/mol. The number of aliphatic hydroxyl groups is 1. The molecule has 1 amide bonds. The van der Waals surface area contributed by atoms with Gasteiger partial charge < -0.3 is 19.8 Å². The third-order valence-electron chi connectivity index (χ3n) is 10.4. The molecule has 214 valence electrons. The Balaban J connectivity index is 1.28. The lowest BCUT2D eigenvalue weighted by Gasteiger charge is -2.65. The summed E-state index contributed by atoms with van der Waals surface area (Å²) < 4.78 is 6.75. The van der Waals surface area contributed by atoms with Gasteiger partial charge in [0.2, 0.25) is 5.91 Å². The van der Waals surface area contributed by atoms with Crippen LogP contribution >= 0.6 is 23.2 Å². The van der Waals surface area contributed by atoms with Gasteiger partial charge in [0.1, 0.15) is 6.10 Å². The number of hydrogen-bond donors (Lipinski definition) is 2. The summed E-state index contributed by atoms with van der Waals surface area (Å²) in [6, 6.07) is 8.92. The summed E-state index contributed by atoms with van der Waals surface area (Å²) in [5.41, 5.74) is 1.36. The number of benzene rings is 2. The number of nitrogens with zero attached hydrogens (tertiary/aromatic N) is 2. The highest BCUT2D eigenvalue weighted by Crippen LogP contribution is 2.66. The number of halogens is 2. The summed E-state index contributed by atoms with van der Waals surface area (Å²) in [5, 5.41) is 24.7. The Hall–Kier alpha value is -1.99. The Kier molecular flexibility index (Phi) is 6.40. The van der Waals surface area contributed by atoms with Crippen molar-refractivity contribution in [1.29, 1.82) is 0 Å². The fourth-order valence-corrected chi connectivity index (χ4v) is 8.84. The molecular formula is C32H38Cl2N2O4. The summed E-state index contributed by atoms with van der Waals surface area (Å²) in [4.78, 5) is 18.6. The first kappa shape index (κ1) is 26.9. The van der Waals surface area contributed by atoms with Crippen LogP contribution in [0.3, 0.4) is 0 Å². The molecule has 2 bridgehead atoms. The summed E-state index contributed by atoms with van der Waals surface area (Å²) in [5.74, 6) is 1.65. The van der Waals surface area contributed by atoms with Crippen molar-refractivity contribution in [3.05, 3.63) is 57.1 Å². The summed E-state index contributed by atoms with van der Waals surface area (Å²) in [6.45, 7) is 6.77. The molecule has 2 heterocycles. The Bertz CT molecular complexity index is 1360. The summed E-state index contributed by atoms with van der Waals surface area (Å²) in [6.07, 6.45) is 5.13. The monoisotopic (exact) mass is 584 g/mol. The predicted octanol–water partition coefficient (Wildman–Crippen LogP) is 5.36. The fourth-order valence-electron chi connectivity index (χ4n) is 8.52. The lowest BCUT2D eigenvalue weighted by atomic mass is 9.48. The van der Waals surface area contributed by atoms with Gasteiger partial charge >= 0.3 is 0 Å². The highest BCUT2D eigenvalue weighted by atomic mass is 35.5. The molecule has 0 radical (unpaired) electrons. The van der Waals surface area contributed by atoms with Crippen molar-refractivity contribution in [2.45, 2.75) is 88.0 Å². The van der Waals surface area contributed by atoms with Crippen LogP contribution in [0, 0.1) is 11.8 Å². The van der Waals surface area contributed by atoms with Crippen LogP contribution in [0.1, 0.15) is 62.6 Å². The normalized spacial score (nSPS) is 32.1. The van der Waals surface area contributed by atoms with E-state index in [4.69, 9.17) is 27.9 Å². The minimum absolute atomic E-state index is 0.0152. The largest absolute Gasteiger partial charge is 0.504 e. The molecule has 1 spiro atoms. The van der Waals surface area contributed by atoms with Gasteiger partial charge in [-0.3, -0.25) is 9.69 Å². The number of carbonyl (C=O) groups excluding carboxylic acids is 1. The smallest absolute Gasteiger partial charge is 0.227 e. The molecule has 2 aliphatic heterocycles. The van der Waals surface area contributed by atoms with Crippen molar-refractivity contribution in [1.82, 2.24) is 9.80 Å². The van der Waals surface area contributed by atoms with E-state index >= 15 is 0 Å². The van der Waals surface area contributed by atoms with E-state index in [0.29, 0.717) is 35.2 Å². The zero-order chi connectivity index (χ0) is 28.0. The molecule has 5 aliphatic rings. The van der Waals surface area contributed by atoms with Crippen molar-refractivity contribution in [2.24, 2.45) is 11.8 Å². The molecule has 3 aliphatic carbocycles. The van der Waals surface area contributed by atoms with Crippen molar-refractivity contribution >= 4 is 29.1 Å². The number of hydrogen-bond acceptors (Lipinski definition) is 5. The highest BCUT2D eigenvalue weighted by Gasteiger charge is 2.73. The van der Waals surface area contributed by atoms with Crippen LogP contribution in [-0.2, 0) is 23.1 Å². The Morgan fingerprint density at radius 3 is 2.67 bits per heavy atom. The van der Waals surface area contributed by atoms with Gasteiger partial charge in [-0.1, -0.05) is 49.2 Å². The average molecular weight is 586 g/mol. The van der Waals surface area contributed by atoms with Crippen LogP contribution in [0.2, 0.25) is 10.0 Å². The van der Waals surface area contributed by atoms with Crippen molar-refractivity contribution in [3.8, 4) is 11.5 Å². The van der Waals surface area contributed by atoms with Crippen LogP contribution in [0.5, 0.6) is 11.5 Å². The standard InChI is InChI=1S/C32H38Cl2N2O4/c1-18(2)16-36(27(38)14-20-5-7-22(33)23(34)13-20)24-9-10-32(39)26-15-21-6-8-25(37)29-28(21)31(32,30(24)40-29)11-12-35(26)17-19-3-4-19/h5-8,13,18-19,24,26,30,37,39H,3-4,9-12,14-17H2,1-2H3/t24-,26+,30-,31-,32+/m0/s1. The van der Waals surface area contributed by atoms with E-state index in [1.807, 2.05) is 17.0 Å². The molecule has 8 heteroatoms. The van der Waals surface area contributed by atoms with Crippen LogP contribution in [0.4, 0.5) is 0 Å². The zero-order valence-corrected chi connectivity index (χ0v) is 24.7. The van der Waals surface area contributed by atoms with E-state index in [1.54, 1.807) is 18.2 Å². The topological polar surface area (TPSA) is 73.2 Å². The number of piperidine rings is 1. The van der Waals surface area contributed by atoms with E-state index in [-0.39, 0.29) is 36.1 Å². The van der Waals surface area contributed by atoms with Gasteiger partial charge in [0.15, 0.2) is 11.5 Å². The summed E-state index contributed by atoms with van der Waals surface area (Å²) in [7, 11) is 0. The third-order valence-corrected chi connectivity index (χ3v) is 11.1. The third kappa shape index (κ3) is 3.93. The number of phenols is 1. The molecular weight excluding hydrogens is 547 g/mol. The molecule has 0 aromatic heterocycles. The number of carbonyl (C=O) groups is 1. The Morgan fingerprint density at radius 1 is 1.15 bits per heavy atom. The van der Waals surface area contributed by atoms with Crippen molar-refractivity contribution < 1.29 is 19.7 Å². The van der Waals surface area contributed by atoms with Gasteiger partial charge in [0.05, 0.1) is 33.5 Å². The SMILES string of the molecule is CC(C)CN(C(=O)Cc1ccc(Cl)c(Cl)c1)[C@H]1CC[C@@]2(O)[C@H]3Cc4ccc(O)c5c4[C@@]2(CCN3CC2CC2)[C@H]1O5. The second-order valence-electron chi connectivity index (χ2n) is 13.3. The fraction of sp³-hybridized carbons (Fsp3) is 0.594. The number of ether oxygens (including phenoxy) is 1. The molecule has 7 rings (SSSR count). The molecule has 6 nitrogen and oxygen atoms in total. The number of amides is 1. The molecule has 2 saturated carbocycles. The lowest BCUT2D eigenvalue weighted by molar-refractivity contribution is -0.202. The molecule has 40 heavy (non-hydrogen) atoms. The number of aromatic hydroxyl groups is 1. The van der Waals surface area contributed by atoms with Gasteiger partial charge in [0.25, 0.3) is 0 Å². The van der Waals surface area contributed by atoms with E-state index in [9.17, 15) is 15.0 Å². The van der Waals surface area contributed by atoms with Crippen LogP contribution < -0.4 is 4.74 Å². The maximum atomic E-state index is 14.0.